The van der Waals surface area contributed by atoms with Crippen molar-refractivity contribution in [2.45, 2.75) is 57.5 Å². The van der Waals surface area contributed by atoms with Crippen molar-refractivity contribution in [3.05, 3.63) is 22.7 Å². The first-order valence-corrected chi connectivity index (χ1v) is 9.73. The Bertz CT molecular complexity index is 581. The van der Waals surface area contributed by atoms with Crippen molar-refractivity contribution in [2.24, 2.45) is 17.8 Å². The zero-order valence-corrected chi connectivity index (χ0v) is 15.5. The zero-order valence-electron chi connectivity index (χ0n) is 14.7. The lowest BCUT2D eigenvalue weighted by atomic mass is 9.53. The number of benzene rings is 1. The summed E-state index contributed by atoms with van der Waals surface area (Å²) < 4.78 is 11.1. The molecule has 4 fully saturated rings. The molecule has 0 saturated heterocycles. The average Bonchev–Trinajstić information content (AvgIpc) is 2.54. The molecule has 0 aromatic heterocycles. The van der Waals surface area contributed by atoms with E-state index in [4.69, 9.17) is 21.1 Å². The molecule has 24 heavy (non-hydrogen) atoms. The smallest absolute Gasteiger partial charge is 0.179 e. The van der Waals surface area contributed by atoms with E-state index in [1.54, 1.807) is 7.11 Å². The first-order chi connectivity index (χ1) is 11.6. The van der Waals surface area contributed by atoms with E-state index in [2.05, 4.69) is 11.4 Å². The Kier molecular flexibility index (Phi) is 4.42. The molecule has 3 nitrogen and oxygen atoms in total. The maximum absolute atomic E-state index is 6.41. The van der Waals surface area contributed by atoms with E-state index in [9.17, 15) is 0 Å². The third kappa shape index (κ3) is 3.01. The lowest BCUT2D eigenvalue weighted by Gasteiger charge is -2.57. The predicted molar refractivity (Wildman–Crippen MR) is 96.9 cm³/mol. The monoisotopic (exact) mass is 349 g/mol. The minimum atomic E-state index is 0.368. The van der Waals surface area contributed by atoms with E-state index in [0.717, 1.165) is 30.0 Å². The molecule has 0 atom stereocenters. The van der Waals surface area contributed by atoms with Crippen LogP contribution >= 0.6 is 11.6 Å². The van der Waals surface area contributed by atoms with E-state index >= 15 is 0 Å². The normalized spacial score (nSPS) is 33.7. The molecule has 1 aromatic carbocycles. The van der Waals surface area contributed by atoms with Gasteiger partial charge in [-0.2, -0.15) is 0 Å². The predicted octanol–water partition coefficient (Wildman–Crippen LogP) is 4.81. The van der Waals surface area contributed by atoms with Gasteiger partial charge in [0.1, 0.15) is 0 Å². The topological polar surface area (TPSA) is 30.5 Å². The molecule has 5 rings (SSSR count). The maximum atomic E-state index is 6.41. The van der Waals surface area contributed by atoms with Gasteiger partial charge in [-0.05, 0) is 80.9 Å². The van der Waals surface area contributed by atoms with Crippen molar-refractivity contribution in [3.8, 4) is 11.5 Å². The highest BCUT2D eigenvalue weighted by atomic mass is 35.5. The van der Waals surface area contributed by atoms with E-state index in [1.807, 2.05) is 13.0 Å². The van der Waals surface area contributed by atoms with Gasteiger partial charge < -0.3 is 14.8 Å². The molecule has 0 heterocycles. The fourth-order valence-electron chi connectivity index (χ4n) is 5.78. The highest BCUT2D eigenvalue weighted by Gasteiger charge is 2.50. The molecular formula is C20H28ClNO2. The molecule has 4 aliphatic rings. The second-order valence-corrected chi connectivity index (χ2v) is 8.50. The van der Waals surface area contributed by atoms with Gasteiger partial charge in [0.15, 0.2) is 11.5 Å². The minimum absolute atomic E-state index is 0.368. The molecule has 4 saturated carbocycles. The third-order valence-electron chi connectivity index (χ3n) is 6.28. The molecule has 132 valence electrons. The van der Waals surface area contributed by atoms with Gasteiger partial charge in [-0.3, -0.25) is 0 Å². The molecule has 0 unspecified atom stereocenters. The van der Waals surface area contributed by atoms with Crippen molar-refractivity contribution in [1.29, 1.82) is 0 Å². The van der Waals surface area contributed by atoms with Crippen LogP contribution in [-0.4, -0.2) is 19.3 Å². The van der Waals surface area contributed by atoms with Gasteiger partial charge in [-0.25, -0.2) is 0 Å². The lowest BCUT2D eigenvalue weighted by molar-refractivity contribution is -0.0206. The van der Waals surface area contributed by atoms with Crippen LogP contribution in [0.1, 0.15) is 51.0 Å². The van der Waals surface area contributed by atoms with E-state index in [-0.39, 0.29) is 0 Å². The lowest BCUT2D eigenvalue weighted by Crippen LogP contribution is -2.58. The maximum Gasteiger partial charge on any atom is 0.179 e. The standard InChI is InChI=1S/C20H28ClNO2/c1-3-24-19-17(21)7-16(8-18(19)23-2)12-22-20-9-13-4-14(10-20)6-15(5-13)11-20/h7-8,13-15,22H,3-6,9-12H2,1-2H3. The van der Waals surface area contributed by atoms with Crippen LogP contribution in [0.25, 0.3) is 0 Å². The highest BCUT2D eigenvalue weighted by Crippen LogP contribution is 2.55. The Morgan fingerprint density at radius 1 is 1.12 bits per heavy atom. The molecule has 4 aliphatic carbocycles. The summed E-state index contributed by atoms with van der Waals surface area (Å²) in [6.07, 6.45) is 8.51. The fourth-order valence-corrected chi connectivity index (χ4v) is 6.06. The summed E-state index contributed by atoms with van der Waals surface area (Å²) in [5.41, 5.74) is 1.55. The molecule has 1 aromatic rings. The van der Waals surface area contributed by atoms with Crippen molar-refractivity contribution in [3.63, 3.8) is 0 Å². The zero-order chi connectivity index (χ0) is 16.7. The molecule has 0 spiro atoms. The average molecular weight is 350 g/mol. The van der Waals surface area contributed by atoms with Crippen molar-refractivity contribution >= 4 is 11.6 Å². The Labute approximate surface area is 150 Å². The van der Waals surface area contributed by atoms with Crippen molar-refractivity contribution in [1.82, 2.24) is 5.32 Å². The van der Waals surface area contributed by atoms with Gasteiger partial charge in [0.2, 0.25) is 0 Å². The van der Waals surface area contributed by atoms with E-state index < -0.39 is 0 Å². The Morgan fingerprint density at radius 2 is 1.75 bits per heavy atom. The highest BCUT2D eigenvalue weighted by molar-refractivity contribution is 6.32. The molecular weight excluding hydrogens is 322 g/mol. The van der Waals surface area contributed by atoms with Gasteiger partial charge >= 0.3 is 0 Å². The molecule has 0 aliphatic heterocycles. The number of halogens is 1. The van der Waals surface area contributed by atoms with Gasteiger partial charge in [-0.15, -0.1) is 0 Å². The van der Waals surface area contributed by atoms with Gasteiger partial charge in [-0.1, -0.05) is 11.6 Å². The summed E-state index contributed by atoms with van der Waals surface area (Å²) in [5.74, 6) is 4.26. The summed E-state index contributed by atoms with van der Waals surface area (Å²) >= 11 is 6.41. The summed E-state index contributed by atoms with van der Waals surface area (Å²) in [4.78, 5) is 0. The van der Waals surface area contributed by atoms with Crippen LogP contribution in [0.2, 0.25) is 5.02 Å². The van der Waals surface area contributed by atoms with Crippen LogP contribution in [0.4, 0.5) is 0 Å². The summed E-state index contributed by atoms with van der Waals surface area (Å²) in [7, 11) is 1.67. The van der Waals surface area contributed by atoms with Crippen LogP contribution in [0.3, 0.4) is 0 Å². The van der Waals surface area contributed by atoms with Gasteiger partial charge in [0, 0.05) is 12.1 Å². The van der Waals surface area contributed by atoms with Crippen LogP contribution in [0.5, 0.6) is 11.5 Å². The minimum Gasteiger partial charge on any atom is -0.493 e. The molecule has 1 N–H and O–H groups in total. The number of methoxy groups -OCH3 is 1. The van der Waals surface area contributed by atoms with E-state index in [0.29, 0.717) is 22.9 Å². The van der Waals surface area contributed by atoms with Crippen LogP contribution in [0, 0.1) is 17.8 Å². The number of hydrogen-bond acceptors (Lipinski definition) is 3. The van der Waals surface area contributed by atoms with Crippen LogP contribution < -0.4 is 14.8 Å². The summed E-state index contributed by atoms with van der Waals surface area (Å²) in [6, 6.07) is 4.08. The fraction of sp³-hybridized carbons (Fsp3) is 0.700. The Balaban J connectivity index is 1.49. The largest absolute Gasteiger partial charge is 0.493 e. The number of ether oxygens (including phenoxy) is 2. The Morgan fingerprint density at radius 3 is 2.29 bits per heavy atom. The van der Waals surface area contributed by atoms with Crippen LogP contribution in [-0.2, 0) is 6.54 Å². The second kappa shape index (κ2) is 6.42. The quantitative estimate of drug-likeness (QED) is 0.799. The first kappa shape index (κ1) is 16.5. The molecule has 0 radical (unpaired) electrons. The Hall–Kier alpha value is -0.930. The SMILES string of the molecule is CCOc1c(Cl)cc(CNC23CC4CC(CC(C4)C2)C3)cc1OC. The van der Waals surface area contributed by atoms with Crippen LogP contribution in [0.15, 0.2) is 12.1 Å². The number of hydrogen-bond donors (Lipinski definition) is 1. The molecule has 4 heteroatoms. The van der Waals surface area contributed by atoms with Crippen molar-refractivity contribution in [2.75, 3.05) is 13.7 Å². The third-order valence-corrected chi connectivity index (χ3v) is 6.56. The van der Waals surface area contributed by atoms with E-state index in [1.165, 1.54) is 44.1 Å². The number of rotatable bonds is 6. The second-order valence-electron chi connectivity index (χ2n) is 8.09. The van der Waals surface area contributed by atoms with Gasteiger partial charge in [0.05, 0.1) is 18.7 Å². The summed E-state index contributed by atoms with van der Waals surface area (Å²) in [5, 5.41) is 4.56. The van der Waals surface area contributed by atoms with Gasteiger partial charge in [0.25, 0.3) is 0 Å². The first-order valence-electron chi connectivity index (χ1n) is 9.35. The summed E-state index contributed by atoms with van der Waals surface area (Å²) in [6.45, 7) is 3.40. The molecule has 0 amide bonds. The molecule has 4 bridgehead atoms. The van der Waals surface area contributed by atoms with Crippen molar-refractivity contribution < 1.29 is 9.47 Å². The number of nitrogens with one attached hydrogen (secondary N) is 1.